The van der Waals surface area contributed by atoms with Crippen LogP contribution >= 0.6 is 11.3 Å². The van der Waals surface area contributed by atoms with Gasteiger partial charge in [-0.1, -0.05) is 30.3 Å². The van der Waals surface area contributed by atoms with E-state index in [1.54, 1.807) is 18.4 Å². The molecule has 0 aliphatic heterocycles. The van der Waals surface area contributed by atoms with E-state index in [2.05, 4.69) is 20.6 Å². The first-order valence-corrected chi connectivity index (χ1v) is 11.1. The zero-order chi connectivity index (χ0) is 22.8. The summed E-state index contributed by atoms with van der Waals surface area (Å²) < 4.78 is 7.07. The Hall–Kier alpha value is -4.24. The predicted octanol–water partition coefficient (Wildman–Crippen LogP) is 4.82. The molecule has 0 saturated heterocycles. The van der Waals surface area contributed by atoms with Crippen LogP contribution in [0, 0.1) is 6.92 Å². The van der Waals surface area contributed by atoms with Gasteiger partial charge >= 0.3 is 0 Å². The highest BCUT2D eigenvalue weighted by molar-refractivity contribution is 7.14. The number of aryl methyl sites for hydroxylation is 1. The van der Waals surface area contributed by atoms with E-state index in [0.29, 0.717) is 28.1 Å². The molecule has 2 aromatic carbocycles. The van der Waals surface area contributed by atoms with Crippen LogP contribution in [0.1, 0.15) is 21.8 Å². The van der Waals surface area contributed by atoms with Gasteiger partial charge in [0.1, 0.15) is 5.76 Å². The molecule has 3 heterocycles. The van der Waals surface area contributed by atoms with Gasteiger partial charge < -0.3 is 4.42 Å². The number of rotatable bonds is 6. The van der Waals surface area contributed by atoms with Gasteiger partial charge in [0.05, 0.1) is 35.0 Å². The highest BCUT2D eigenvalue weighted by Gasteiger charge is 2.17. The fraction of sp³-hybridized carbons (Fsp3) is 0.0833. The van der Waals surface area contributed by atoms with Crippen LogP contribution in [0.5, 0.6) is 0 Å². The fourth-order valence-corrected chi connectivity index (χ4v) is 4.22. The lowest BCUT2D eigenvalue weighted by atomic mass is 10.2. The Balaban J connectivity index is 1.32. The van der Waals surface area contributed by atoms with Crippen molar-refractivity contribution in [2.24, 2.45) is 0 Å². The molecule has 0 saturated carbocycles. The molecule has 8 nitrogen and oxygen atoms in total. The minimum absolute atomic E-state index is 0.0507. The molecule has 0 radical (unpaired) electrons. The van der Waals surface area contributed by atoms with E-state index in [9.17, 15) is 9.59 Å². The van der Waals surface area contributed by atoms with Gasteiger partial charge in [-0.2, -0.15) is 0 Å². The van der Waals surface area contributed by atoms with Gasteiger partial charge in [0.2, 0.25) is 11.9 Å². The van der Waals surface area contributed by atoms with Crippen molar-refractivity contribution in [2.75, 3.05) is 10.6 Å². The molecule has 33 heavy (non-hydrogen) atoms. The molecule has 0 aliphatic rings. The second kappa shape index (κ2) is 8.71. The van der Waals surface area contributed by atoms with Gasteiger partial charge in [-0.3, -0.25) is 24.8 Å². The summed E-state index contributed by atoms with van der Waals surface area (Å²) in [6.07, 6.45) is 1.51. The number of hydrogen-bond donors (Lipinski definition) is 2. The Morgan fingerprint density at radius 1 is 1.00 bits per heavy atom. The number of nitrogens with one attached hydrogen (secondary N) is 2. The number of anilines is 2. The molecule has 0 fully saturated rings. The van der Waals surface area contributed by atoms with Gasteiger partial charge in [-0.05, 0) is 37.3 Å². The molecule has 5 rings (SSSR count). The Morgan fingerprint density at radius 3 is 2.58 bits per heavy atom. The Kier molecular flexibility index (Phi) is 5.45. The number of thiazole rings is 1. The number of fused-ring (bicyclic) bond motifs is 1. The van der Waals surface area contributed by atoms with Gasteiger partial charge in [-0.25, -0.2) is 9.97 Å². The van der Waals surface area contributed by atoms with Gasteiger partial charge in [0.25, 0.3) is 5.91 Å². The minimum Gasteiger partial charge on any atom is -0.469 e. The van der Waals surface area contributed by atoms with E-state index in [4.69, 9.17) is 4.42 Å². The van der Waals surface area contributed by atoms with Crippen molar-refractivity contribution in [3.63, 3.8) is 0 Å². The molecule has 0 unspecified atom stereocenters. The second-order valence-electron chi connectivity index (χ2n) is 7.31. The Bertz CT molecular complexity index is 1450. The van der Waals surface area contributed by atoms with E-state index >= 15 is 0 Å². The second-order valence-corrected chi connectivity index (χ2v) is 8.17. The van der Waals surface area contributed by atoms with Gasteiger partial charge in [0.15, 0.2) is 5.13 Å². The van der Waals surface area contributed by atoms with Gasteiger partial charge in [-0.15, -0.1) is 11.3 Å². The van der Waals surface area contributed by atoms with Crippen LogP contribution < -0.4 is 10.6 Å². The van der Waals surface area contributed by atoms with Crippen LogP contribution in [0.2, 0.25) is 0 Å². The normalized spacial score (nSPS) is 10.9. The number of imidazole rings is 1. The van der Waals surface area contributed by atoms with Crippen molar-refractivity contribution in [1.82, 2.24) is 14.5 Å². The van der Waals surface area contributed by atoms with Crippen LogP contribution in [0.25, 0.3) is 16.7 Å². The lowest BCUT2D eigenvalue weighted by Crippen LogP contribution is -2.18. The monoisotopic (exact) mass is 457 g/mol. The van der Waals surface area contributed by atoms with Crippen molar-refractivity contribution < 1.29 is 14.0 Å². The van der Waals surface area contributed by atoms with Gasteiger partial charge in [0, 0.05) is 11.1 Å². The SMILES string of the molecule is Cc1occc1C(=O)Nc1nc(CC(=O)Nc2nc3ccccc3n2-c2ccccc2)cs1. The number of benzene rings is 2. The number of nitrogens with zero attached hydrogens (tertiary/aromatic N) is 3. The molecule has 2 amide bonds. The maximum Gasteiger partial charge on any atom is 0.260 e. The maximum atomic E-state index is 12.8. The zero-order valence-corrected chi connectivity index (χ0v) is 18.4. The molecular formula is C24H19N5O3S. The molecule has 0 bridgehead atoms. The largest absolute Gasteiger partial charge is 0.469 e. The van der Waals surface area contributed by atoms with E-state index in [1.807, 2.05) is 59.2 Å². The van der Waals surface area contributed by atoms with Crippen molar-refractivity contribution in [3.8, 4) is 5.69 Å². The molecule has 0 atom stereocenters. The average molecular weight is 458 g/mol. The van der Waals surface area contributed by atoms with E-state index < -0.39 is 0 Å². The summed E-state index contributed by atoms with van der Waals surface area (Å²) in [5, 5.41) is 7.81. The Morgan fingerprint density at radius 2 is 1.79 bits per heavy atom. The highest BCUT2D eigenvalue weighted by Crippen LogP contribution is 2.25. The van der Waals surface area contributed by atoms with Crippen LogP contribution in [0.3, 0.4) is 0 Å². The molecular weight excluding hydrogens is 438 g/mol. The molecule has 3 aromatic heterocycles. The lowest BCUT2D eigenvalue weighted by Gasteiger charge is -2.09. The summed E-state index contributed by atoms with van der Waals surface area (Å²) in [6, 6.07) is 19.0. The van der Waals surface area contributed by atoms with Crippen molar-refractivity contribution >= 4 is 45.3 Å². The minimum atomic E-state index is -0.303. The number of furan rings is 1. The summed E-state index contributed by atoms with van der Waals surface area (Å²) in [4.78, 5) is 34.1. The van der Waals surface area contributed by atoms with Crippen LogP contribution in [-0.4, -0.2) is 26.3 Å². The maximum absolute atomic E-state index is 12.8. The summed E-state index contributed by atoms with van der Waals surface area (Å²) in [7, 11) is 0. The topological polar surface area (TPSA) is 102 Å². The van der Waals surface area contributed by atoms with Crippen molar-refractivity contribution in [1.29, 1.82) is 0 Å². The van der Waals surface area contributed by atoms with E-state index in [1.165, 1.54) is 17.6 Å². The summed E-state index contributed by atoms with van der Waals surface area (Å²) in [5.74, 6) is 0.413. The molecule has 5 aromatic rings. The zero-order valence-electron chi connectivity index (χ0n) is 17.6. The predicted molar refractivity (Wildman–Crippen MR) is 127 cm³/mol. The quantitative estimate of drug-likeness (QED) is 0.381. The first kappa shape index (κ1) is 20.7. The smallest absolute Gasteiger partial charge is 0.260 e. The fourth-order valence-electron chi connectivity index (χ4n) is 3.51. The number of carbonyl (C=O) groups is 2. The summed E-state index contributed by atoms with van der Waals surface area (Å²) in [6.45, 7) is 1.72. The molecule has 0 spiro atoms. The summed E-state index contributed by atoms with van der Waals surface area (Å²) in [5.41, 5.74) is 3.58. The average Bonchev–Trinajstić information content (AvgIpc) is 3.52. The van der Waals surface area contributed by atoms with Crippen molar-refractivity contribution in [2.45, 2.75) is 13.3 Å². The van der Waals surface area contributed by atoms with E-state index in [0.717, 1.165) is 16.7 Å². The first-order valence-electron chi connectivity index (χ1n) is 10.2. The number of para-hydroxylation sites is 3. The number of hydrogen-bond acceptors (Lipinski definition) is 6. The molecule has 0 aliphatic carbocycles. The third-order valence-corrected chi connectivity index (χ3v) is 5.85. The molecule has 164 valence electrons. The van der Waals surface area contributed by atoms with Crippen molar-refractivity contribution in [3.05, 3.63) is 89.3 Å². The van der Waals surface area contributed by atoms with Crippen LogP contribution in [0.15, 0.2) is 76.7 Å². The highest BCUT2D eigenvalue weighted by atomic mass is 32.1. The molecule has 9 heteroatoms. The number of amides is 2. The lowest BCUT2D eigenvalue weighted by molar-refractivity contribution is -0.115. The number of aromatic nitrogens is 3. The third kappa shape index (κ3) is 4.26. The molecule has 2 N–H and O–H groups in total. The number of carbonyl (C=O) groups excluding carboxylic acids is 2. The summed E-state index contributed by atoms with van der Waals surface area (Å²) >= 11 is 1.26. The van der Waals surface area contributed by atoms with Crippen LogP contribution in [0.4, 0.5) is 11.1 Å². The standard InChI is InChI=1S/C24H19N5O3S/c1-15-18(11-12-32-15)22(31)28-24-25-16(14-33-24)13-21(30)27-23-26-19-9-5-6-10-20(19)29(23)17-7-3-2-4-8-17/h2-12,14H,13H2,1H3,(H,25,28,31)(H,26,27,30). The van der Waals surface area contributed by atoms with E-state index in [-0.39, 0.29) is 18.2 Å². The Labute approximate surface area is 192 Å². The first-order chi connectivity index (χ1) is 16.1. The third-order valence-electron chi connectivity index (χ3n) is 5.04. The van der Waals surface area contributed by atoms with Crippen LogP contribution in [-0.2, 0) is 11.2 Å².